The molecule has 0 aromatic heterocycles. The van der Waals surface area contributed by atoms with Crippen molar-refractivity contribution in [3.63, 3.8) is 0 Å². The van der Waals surface area contributed by atoms with Crippen molar-refractivity contribution in [1.29, 1.82) is 0 Å². The van der Waals surface area contributed by atoms with Gasteiger partial charge in [0.1, 0.15) is 0 Å². The number of hydrogen-bond donors (Lipinski definition) is 0. The first kappa shape index (κ1) is 27.2. The fraction of sp³-hybridized carbons (Fsp3) is 0.0222. The Hall–Kier alpha value is -6.12. The Kier molecular flexibility index (Phi) is 6.57. The van der Waals surface area contributed by atoms with Gasteiger partial charge in [-0.2, -0.15) is 0 Å². The van der Waals surface area contributed by atoms with Crippen LogP contribution in [0.1, 0.15) is 11.1 Å². The molecule has 0 N–H and O–H groups in total. The zero-order valence-electron chi connectivity index (χ0n) is 25.9. The minimum Gasteiger partial charge on any atom is -0.310 e. The zero-order chi connectivity index (χ0) is 31.2. The van der Waals surface area contributed by atoms with Gasteiger partial charge in [-0.1, -0.05) is 121 Å². The number of rotatable bonds is 6. The van der Waals surface area contributed by atoms with Gasteiger partial charge in [-0.15, -0.1) is 0 Å². The highest BCUT2D eigenvalue weighted by molar-refractivity contribution is 6.01. The Bertz CT molecular complexity index is 2210. The summed E-state index contributed by atoms with van der Waals surface area (Å²) >= 11 is 0. The summed E-state index contributed by atoms with van der Waals surface area (Å²) in [5, 5.41) is 4.93. The first-order valence-electron chi connectivity index (χ1n) is 16.2. The van der Waals surface area contributed by atoms with Gasteiger partial charge in [-0.3, -0.25) is 0 Å². The maximum atomic E-state index is 2.40. The maximum absolute atomic E-state index is 2.40. The van der Waals surface area contributed by atoms with Crippen LogP contribution >= 0.6 is 0 Å². The molecule has 8 aromatic rings. The summed E-state index contributed by atoms with van der Waals surface area (Å²) in [6, 6.07) is 65.9. The summed E-state index contributed by atoms with van der Waals surface area (Å²) < 4.78 is 0. The van der Waals surface area contributed by atoms with Crippen molar-refractivity contribution in [2.45, 2.75) is 6.42 Å². The molecule has 47 heavy (non-hydrogen) atoms. The third kappa shape index (κ3) is 4.74. The van der Waals surface area contributed by atoms with Gasteiger partial charge in [0.15, 0.2) is 0 Å². The zero-order valence-corrected chi connectivity index (χ0v) is 25.9. The van der Waals surface area contributed by atoms with Gasteiger partial charge < -0.3 is 9.80 Å². The van der Waals surface area contributed by atoms with Gasteiger partial charge >= 0.3 is 0 Å². The van der Waals surface area contributed by atoms with E-state index < -0.39 is 0 Å². The van der Waals surface area contributed by atoms with E-state index in [9.17, 15) is 0 Å². The van der Waals surface area contributed by atoms with Crippen LogP contribution in [-0.4, -0.2) is 0 Å². The standard InChI is InChI=1S/C45H32N2/c1-3-17-36(18-4-1)46(44-23-11-15-32-13-7-9-21-40(32)44)38-27-25-34-29-35-26-28-39(31-43(35)42(34)30-38)47(37-19-5-2-6-20-37)45-24-12-16-33-14-8-10-22-41(33)45/h1-28,30-31H,29H2. The lowest BCUT2D eigenvalue weighted by atomic mass is 10.0. The lowest BCUT2D eigenvalue weighted by molar-refractivity contribution is 1.24. The molecule has 1 aliphatic carbocycles. The molecular formula is C45H32N2. The van der Waals surface area contributed by atoms with Crippen LogP contribution in [-0.2, 0) is 6.42 Å². The third-order valence-corrected chi connectivity index (χ3v) is 9.42. The highest BCUT2D eigenvalue weighted by atomic mass is 15.1. The molecule has 1 aliphatic rings. The van der Waals surface area contributed by atoms with E-state index in [-0.39, 0.29) is 0 Å². The van der Waals surface area contributed by atoms with Crippen LogP contribution in [0.3, 0.4) is 0 Å². The van der Waals surface area contributed by atoms with Crippen molar-refractivity contribution in [2.75, 3.05) is 9.80 Å². The number of anilines is 6. The molecule has 0 fully saturated rings. The molecule has 0 aliphatic heterocycles. The first-order chi connectivity index (χ1) is 23.3. The van der Waals surface area contributed by atoms with Gasteiger partial charge in [-0.25, -0.2) is 0 Å². The molecule has 222 valence electrons. The van der Waals surface area contributed by atoms with E-state index in [0.29, 0.717) is 0 Å². The Balaban J connectivity index is 1.21. The summed E-state index contributed by atoms with van der Waals surface area (Å²) in [5.74, 6) is 0. The molecule has 2 nitrogen and oxygen atoms in total. The molecule has 0 bridgehead atoms. The fourth-order valence-corrected chi connectivity index (χ4v) is 7.24. The molecule has 0 saturated heterocycles. The lowest BCUT2D eigenvalue weighted by Crippen LogP contribution is -2.11. The van der Waals surface area contributed by atoms with E-state index in [2.05, 4.69) is 192 Å². The van der Waals surface area contributed by atoms with Crippen molar-refractivity contribution in [3.05, 3.63) is 193 Å². The van der Waals surface area contributed by atoms with Crippen LogP contribution in [0.2, 0.25) is 0 Å². The second-order valence-electron chi connectivity index (χ2n) is 12.2. The van der Waals surface area contributed by atoms with E-state index in [0.717, 1.165) is 29.2 Å². The van der Waals surface area contributed by atoms with Gasteiger partial charge in [0.25, 0.3) is 0 Å². The average molecular weight is 601 g/mol. The fourth-order valence-electron chi connectivity index (χ4n) is 7.24. The van der Waals surface area contributed by atoms with Crippen molar-refractivity contribution in [2.24, 2.45) is 0 Å². The second-order valence-corrected chi connectivity index (χ2v) is 12.2. The smallest absolute Gasteiger partial charge is 0.0540 e. The summed E-state index contributed by atoms with van der Waals surface area (Å²) in [4.78, 5) is 4.80. The number of para-hydroxylation sites is 2. The SMILES string of the molecule is c1ccc(N(c2ccc3c(c2)-c2cc(N(c4ccccc4)c4cccc5ccccc45)ccc2C3)c2cccc3ccccc23)cc1. The van der Waals surface area contributed by atoms with Gasteiger partial charge in [0.2, 0.25) is 0 Å². The predicted octanol–water partition coefficient (Wildman–Crippen LogP) is 12.5. The van der Waals surface area contributed by atoms with E-state index in [1.54, 1.807) is 0 Å². The molecule has 0 amide bonds. The normalized spacial score (nSPS) is 11.7. The van der Waals surface area contributed by atoms with Crippen molar-refractivity contribution >= 4 is 55.7 Å². The van der Waals surface area contributed by atoms with E-state index in [4.69, 9.17) is 0 Å². The number of benzene rings is 8. The third-order valence-electron chi connectivity index (χ3n) is 9.42. The van der Waals surface area contributed by atoms with Crippen molar-refractivity contribution in [1.82, 2.24) is 0 Å². The molecule has 0 atom stereocenters. The monoisotopic (exact) mass is 600 g/mol. The number of hydrogen-bond acceptors (Lipinski definition) is 2. The summed E-state index contributed by atoms with van der Waals surface area (Å²) in [7, 11) is 0. The molecule has 0 saturated carbocycles. The molecular weight excluding hydrogens is 569 g/mol. The quantitative estimate of drug-likeness (QED) is 0.187. The summed E-state index contributed by atoms with van der Waals surface area (Å²) in [6.07, 6.45) is 0.935. The number of nitrogens with zero attached hydrogens (tertiary/aromatic N) is 2. The Labute approximate surface area is 275 Å². The molecule has 0 spiro atoms. The van der Waals surface area contributed by atoms with Crippen LogP contribution in [0.4, 0.5) is 34.1 Å². The Morgan fingerprint density at radius 2 is 0.723 bits per heavy atom. The summed E-state index contributed by atoms with van der Waals surface area (Å²) in [5.41, 5.74) is 12.3. The highest BCUT2D eigenvalue weighted by Crippen LogP contribution is 2.46. The van der Waals surface area contributed by atoms with Gasteiger partial charge in [-0.05, 0) is 100 Å². The van der Waals surface area contributed by atoms with Crippen molar-refractivity contribution in [3.8, 4) is 11.1 Å². The Morgan fingerprint density at radius 3 is 1.19 bits per heavy atom. The first-order valence-corrected chi connectivity index (χ1v) is 16.2. The molecule has 2 heteroatoms. The molecule has 0 heterocycles. The Morgan fingerprint density at radius 1 is 0.319 bits per heavy atom. The largest absolute Gasteiger partial charge is 0.310 e. The van der Waals surface area contributed by atoms with Gasteiger partial charge in [0, 0.05) is 33.5 Å². The predicted molar refractivity (Wildman–Crippen MR) is 199 cm³/mol. The topological polar surface area (TPSA) is 6.48 Å². The van der Waals surface area contributed by atoms with Crippen LogP contribution in [0.25, 0.3) is 32.7 Å². The van der Waals surface area contributed by atoms with Crippen LogP contribution < -0.4 is 9.80 Å². The van der Waals surface area contributed by atoms with Gasteiger partial charge in [0.05, 0.1) is 11.4 Å². The molecule has 0 radical (unpaired) electrons. The van der Waals surface area contributed by atoms with Crippen LogP contribution in [0, 0.1) is 0 Å². The van der Waals surface area contributed by atoms with Crippen LogP contribution in [0.15, 0.2) is 182 Å². The molecule has 8 aromatic carbocycles. The highest BCUT2D eigenvalue weighted by Gasteiger charge is 2.24. The molecule has 9 rings (SSSR count). The number of fused-ring (bicyclic) bond motifs is 5. The lowest BCUT2D eigenvalue weighted by Gasteiger charge is -2.28. The van der Waals surface area contributed by atoms with E-state index in [1.165, 1.54) is 55.2 Å². The van der Waals surface area contributed by atoms with Crippen molar-refractivity contribution < 1.29 is 0 Å². The average Bonchev–Trinajstić information content (AvgIpc) is 3.50. The minimum atomic E-state index is 0.935. The second kappa shape index (κ2) is 11.3. The van der Waals surface area contributed by atoms with E-state index >= 15 is 0 Å². The summed E-state index contributed by atoms with van der Waals surface area (Å²) in [6.45, 7) is 0. The van der Waals surface area contributed by atoms with E-state index in [1.807, 2.05) is 0 Å². The minimum absolute atomic E-state index is 0.935. The van der Waals surface area contributed by atoms with Crippen LogP contribution in [0.5, 0.6) is 0 Å². The molecule has 0 unspecified atom stereocenters. The maximum Gasteiger partial charge on any atom is 0.0540 e.